The lowest BCUT2D eigenvalue weighted by Gasteiger charge is -2.19. The highest BCUT2D eigenvalue weighted by molar-refractivity contribution is 5.77. The quantitative estimate of drug-likeness (QED) is 0.878. The van der Waals surface area contributed by atoms with E-state index in [1.165, 1.54) is 6.07 Å². The average Bonchev–Trinajstić information content (AvgIpc) is 2.68. The number of hydrogen-bond donors (Lipinski definition) is 2. The summed E-state index contributed by atoms with van der Waals surface area (Å²) in [6.45, 7) is 5.56. The highest BCUT2D eigenvalue weighted by Crippen LogP contribution is 2.26. The van der Waals surface area contributed by atoms with Gasteiger partial charge in [-0.1, -0.05) is 6.07 Å². The van der Waals surface area contributed by atoms with E-state index in [2.05, 4.69) is 4.98 Å². The standard InChI is InChI=1S/C13H18FN3O/c1-7(2)17-10-6-4-5-9(14)12(10)16-13(17)11(15)8(3)18/h4-8,11,18H,15H2,1-3H3. The maximum absolute atomic E-state index is 13.7. The number of imidazole rings is 1. The van der Waals surface area contributed by atoms with Gasteiger partial charge in [0, 0.05) is 6.04 Å². The van der Waals surface area contributed by atoms with Crippen LogP contribution in [-0.2, 0) is 0 Å². The third-order valence-electron chi connectivity index (χ3n) is 3.03. The average molecular weight is 251 g/mol. The van der Waals surface area contributed by atoms with Crippen LogP contribution in [0, 0.1) is 5.82 Å². The van der Waals surface area contributed by atoms with Crippen molar-refractivity contribution >= 4 is 11.0 Å². The number of aliphatic hydroxyl groups excluding tert-OH is 1. The molecule has 0 spiro atoms. The lowest BCUT2D eigenvalue weighted by molar-refractivity contribution is 0.158. The van der Waals surface area contributed by atoms with Crippen molar-refractivity contribution in [1.82, 2.24) is 9.55 Å². The predicted octanol–water partition coefficient (Wildman–Crippen LogP) is 2.14. The van der Waals surface area contributed by atoms with E-state index >= 15 is 0 Å². The van der Waals surface area contributed by atoms with Crippen molar-refractivity contribution in [3.63, 3.8) is 0 Å². The van der Waals surface area contributed by atoms with Gasteiger partial charge in [0.2, 0.25) is 0 Å². The van der Waals surface area contributed by atoms with Crippen molar-refractivity contribution < 1.29 is 9.50 Å². The smallest absolute Gasteiger partial charge is 0.151 e. The van der Waals surface area contributed by atoms with Crippen LogP contribution in [0.4, 0.5) is 4.39 Å². The van der Waals surface area contributed by atoms with E-state index in [9.17, 15) is 9.50 Å². The molecular formula is C13H18FN3O. The number of fused-ring (bicyclic) bond motifs is 1. The van der Waals surface area contributed by atoms with E-state index in [-0.39, 0.29) is 11.9 Å². The molecule has 2 aromatic rings. The van der Waals surface area contributed by atoms with E-state index in [1.807, 2.05) is 24.5 Å². The molecule has 2 unspecified atom stereocenters. The summed E-state index contributed by atoms with van der Waals surface area (Å²) in [5, 5.41) is 9.60. The second-order valence-corrected chi connectivity index (χ2v) is 4.81. The molecule has 18 heavy (non-hydrogen) atoms. The van der Waals surface area contributed by atoms with Crippen LogP contribution in [0.3, 0.4) is 0 Å². The summed E-state index contributed by atoms with van der Waals surface area (Å²) in [7, 11) is 0. The van der Waals surface area contributed by atoms with Gasteiger partial charge >= 0.3 is 0 Å². The Hall–Kier alpha value is -1.46. The van der Waals surface area contributed by atoms with E-state index in [4.69, 9.17) is 5.73 Å². The molecule has 2 rings (SSSR count). The summed E-state index contributed by atoms with van der Waals surface area (Å²) in [5.74, 6) is 0.144. The van der Waals surface area contributed by atoms with Gasteiger partial charge in [-0.15, -0.1) is 0 Å². The minimum Gasteiger partial charge on any atom is -0.391 e. The number of aliphatic hydroxyl groups is 1. The Morgan fingerprint density at radius 1 is 1.33 bits per heavy atom. The van der Waals surface area contributed by atoms with E-state index in [0.717, 1.165) is 0 Å². The summed E-state index contributed by atoms with van der Waals surface area (Å²) in [6.07, 6.45) is -0.734. The zero-order chi connectivity index (χ0) is 13.4. The van der Waals surface area contributed by atoms with Gasteiger partial charge < -0.3 is 15.4 Å². The van der Waals surface area contributed by atoms with Crippen LogP contribution >= 0.6 is 0 Å². The number of benzene rings is 1. The van der Waals surface area contributed by atoms with Gasteiger partial charge in [0.1, 0.15) is 11.3 Å². The van der Waals surface area contributed by atoms with Gasteiger partial charge in [-0.05, 0) is 32.9 Å². The Labute approximate surface area is 105 Å². The van der Waals surface area contributed by atoms with Crippen LogP contribution < -0.4 is 5.73 Å². The molecule has 0 aliphatic heterocycles. The second kappa shape index (κ2) is 4.66. The fourth-order valence-electron chi connectivity index (χ4n) is 2.09. The van der Waals surface area contributed by atoms with Crippen LogP contribution in [0.15, 0.2) is 18.2 Å². The number of halogens is 1. The number of para-hydroxylation sites is 1. The summed E-state index contributed by atoms with van der Waals surface area (Å²) in [4.78, 5) is 4.26. The van der Waals surface area contributed by atoms with Crippen LogP contribution in [-0.4, -0.2) is 20.8 Å². The molecule has 0 saturated carbocycles. The Balaban J connectivity index is 2.73. The lowest BCUT2D eigenvalue weighted by atomic mass is 10.2. The fourth-order valence-corrected chi connectivity index (χ4v) is 2.09. The van der Waals surface area contributed by atoms with Crippen LogP contribution in [0.2, 0.25) is 0 Å². The van der Waals surface area contributed by atoms with Gasteiger partial charge in [0.05, 0.1) is 17.7 Å². The molecular weight excluding hydrogens is 233 g/mol. The first kappa shape index (κ1) is 13.0. The molecule has 0 aliphatic carbocycles. The van der Waals surface area contributed by atoms with E-state index < -0.39 is 12.1 Å². The first-order valence-corrected chi connectivity index (χ1v) is 6.03. The Morgan fingerprint density at radius 2 is 2.00 bits per heavy atom. The predicted molar refractivity (Wildman–Crippen MR) is 68.7 cm³/mol. The molecule has 0 amide bonds. The Kier molecular flexibility index (Phi) is 3.36. The molecule has 98 valence electrons. The lowest BCUT2D eigenvalue weighted by Crippen LogP contribution is -2.27. The molecule has 0 aliphatic rings. The van der Waals surface area contributed by atoms with Crippen molar-refractivity contribution in [3.8, 4) is 0 Å². The maximum Gasteiger partial charge on any atom is 0.151 e. The third kappa shape index (κ3) is 2.00. The molecule has 1 aromatic heterocycles. The minimum atomic E-state index is -0.734. The molecule has 0 bridgehead atoms. The second-order valence-electron chi connectivity index (χ2n) is 4.81. The van der Waals surface area contributed by atoms with Crippen molar-refractivity contribution in [3.05, 3.63) is 29.8 Å². The number of nitrogens with two attached hydrogens (primary N) is 1. The van der Waals surface area contributed by atoms with Gasteiger partial charge in [-0.25, -0.2) is 9.37 Å². The summed E-state index contributed by atoms with van der Waals surface area (Å²) >= 11 is 0. The summed E-state index contributed by atoms with van der Waals surface area (Å²) in [6, 6.07) is 4.30. The minimum absolute atomic E-state index is 0.0941. The molecule has 0 radical (unpaired) electrons. The molecule has 1 aromatic carbocycles. The van der Waals surface area contributed by atoms with E-state index in [1.54, 1.807) is 13.0 Å². The maximum atomic E-state index is 13.7. The van der Waals surface area contributed by atoms with Gasteiger partial charge in [-0.3, -0.25) is 0 Å². The van der Waals surface area contributed by atoms with Gasteiger partial charge in [0.15, 0.2) is 5.82 Å². The van der Waals surface area contributed by atoms with Crippen LogP contribution in [0.1, 0.15) is 38.7 Å². The normalized spacial score (nSPS) is 15.3. The number of nitrogens with zero attached hydrogens (tertiary/aromatic N) is 2. The zero-order valence-corrected chi connectivity index (χ0v) is 10.8. The largest absolute Gasteiger partial charge is 0.391 e. The van der Waals surface area contributed by atoms with Crippen LogP contribution in [0.5, 0.6) is 0 Å². The van der Waals surface area contributed by atoms with Crippen LogP contribution in [0.25, 0.3) is 11.0 Å². The first-order valence-electron chi connectivity index (χ1n) is 6.03. The molecule has 5 heteroatoms. The third-order valence-corrected chi connectivity index (χ3v) is 3.03. The molecule has 0 saturated heterocycles. The van der Waals surface area contributed by atoms with Crippen molar-refractivity contribution in [1.29, 1.82) is 0 Å². The zero-order valence-electron chi connectivity index (χ0n) is 10.8. The van der Waals surface area contributed by atoms with E-state index in [0.29, 0.717) is 16.9 Å². The molecule has 1 heterocycles. The number of rotatable bonds is 3. The molecule has 0 fully saturated rings. The number of hydrogen-bond acceptors (Lipinski definition) is 3. The highest BCUT2D eigenvalue weighted by atomic mass is 19.1. The first-order chi connectivity index (χ1) is 8.43. The van der Waals surface area contributed by atoms with Crippen molar-refractivity contribution in [2.24, 2.45) is 5.73 Å². The Morgan fingerprint density at radius 3 is 2.56 bits per heavy atom. The SMILES string of the molecule is CC(O)C(N)c1nc2c(F)cccc2n1C(C)C. The molecule has 3 N–H and O–H groups in total. The van der Waals surface area contributed by atoms with Crippen molar-refractivity contribution in [2.45, 2.75) is 39.0 Å². The summed E-state index contributed by atoms with van der Waals surface area (Å²) in [5.41, 5.74) is 6.94. The van der Waals surface area contributed by atoms with Gasteiger partial charge in [0.25, 0.3) is 0 Å². The molecule has 4 nitrogen and oxygen atoms in total. The summed E-state index contributed by atoms with van der Waals surface area (Å²) < 4.78 is 15.6. The van der Waals surface area contributed by atoms with Gasteiger partial charge in [-0.2, -0.15) is 0 Å². The number of aromatic nitrogens is 2. The van der Waals surface area contributed by atoms with Crippen molar-refractivity contribution in [2.75, 3.05) is 0 Å². The topological polar surface area (TPSA) is 64.1 Å². The highest BCUT2D eigenvalue weighted by Gasteiger charge is 2.23. The monoisotopic (exact) mass is 251 g/mol. The Bertz CT molecular complexity index is 563. The molecule has 2 atom stereocenters. The fraction of sp³-hybridized carbons (Fsp3) is 0.462.